The summed E-state index contributed by atoms with van der Waals surface area (Å²) in [5.41, 5.74) is 0. The first kappa shape index (κ1) is 19.2. The SMILES string of the molecule is CCCNC(=O)[C@H](C)NS(=O)(=O)c1ccc(OC(F)(F)F)cc1. The Bertz CT molecular complexity index is 630. The monoisotopic (exact) mass is 354 g/mol. The molecular weight excluding hydrogens is 337 g/mol. The van der Waals surface area contributed by atoms with Crippen molar-refractivity contribution in [3.8, 4) is 5.75 Å². The number of carbonyl (C=O) groups is 1. The number of hydrogen-bond donors (Lipinski definition) is 2. The predicted molar refractivity (Wildman–Crippen MR) is 76.2 cm³/mol. The average Bonchev–Trinajstić information content (AvgIpc) is 2.43. The molecule has 1 rings (SSSR count). The Morgan fingerprint density at radius 2 is 1.83 bits per heavy atom. The fourth-order valence-electron chi connectivity index (χ4n) is 1.58. The fourth-order valence-corrected chi connectivity index (χ4v) is 2.78. The van der Waals surface area contributed by atoms with E-state index in [1.807, 2.05) is 6.92 Å². The van der Waals surface area contributed by atoms with Crippen molar-refractivity contribution >= 4 is 15.9 Å². The summed E-state index contributed by atoms with van der Waals surface area (Å²) in [5, 5.41) is 2.53. The number of alkyl halides is 3. The third kappa shape index (κ3) is 6.45. The smallest absolute Gasteiger partial charge is 0.406 e. The van der Waals surface area contributed by atoms with Crippen molar-refractivity contribution in [1.82, 2.24) is 10.0 Å². The molecule has 1 atom stereocenters. The maximum Gasteiger partial charge on any atom is 0.573 e. The molecule has 1 aromatic rings. The zero-order valence-corrected chi connectivity index (χ0v) is 13.3. The topological polar surface area (TPSA) is 84.5 Å². The highest BCUT2D eigenvalue weighted by Gasteiger charge is 2.31. The van der Waals surface area contributed by atoms with E-state index in [4.69, 9.17) is 0 Å². The molecule has 1 amide bonds. The van der Waals surface area contributed by atoms with Crippen LogP contribution in [0.3, 0.4) is 0 Å². The van der Waals surface area contributed by atoms with Crippen molar-refractivity contribution in [2.45, 2.75) is 37.6 Å². The molecule has 0 heterocycles. The van der Waals surface area contributed by atoms with Gasteiger partial charge < -0.3 is 10.1 Å². The highest BCUT2D eigenvalue weighted by molar-refractivity contribution is 7.89. The van der Waals surface area contributed by atoms with E-state index in [2.05, 4.69) is 14.8 Å². The average molecular weight is 354 g/mol. The Hall–Kier alpha value is -1.81. The quantitative estimate of drug-likeness (QED) is 0.782. The van der Waals surface area contributed by atoms with Crippen molar-refractivity contribution in [2.24, 2.45) is 0 Å². The van der Waals surface area contributed by atoms with Gasteiger partial charge in [0.15, 0.2) is 0 Å². The molecule has 0 saturated heterocycles. The number of benzene rings is 1. The van der Waals surface area contributed by atoms with E-state index < -0.39 is 34.1 Å². The second-order valence-corrected chi connectivity index (χ2v) is 6.37. The lowest BCUT2D eigenvalue weighted by Gasteiger charge is -2.14. The van der Waals surface area contributed by atoms with E-state index in [-0.39, 0.29) is 4.90 Å². The lowest BCUT2D eigenvalue weighted by atomic mass is 10.3. The van der Waals surface area contributed by atoms with Crippen molar-refractivity contribution < 1.29 is 31.1 Å². The summed E-state index contributed by atoms with van der Waals surface area (Å²) in [6.07, 6.45) is -4.16. The Kier molecular flexibility index (Phi) is 6.39. The summed E-state index contributed by atoms with van der Waals surface area (Å²) in [6.45, 7) is 3.62. The van der Waals surface area contributed by atoms with Crippen LogP contribution in [0.15, 0.2) is 29.2 Å². The minimum Gasteiger partial charge on any atom is -0.406 e. The van der Waals surface area contributed by atoms with Gasteiger partial charge in [-0.3, -0.25) is 4.79 Å². The summed E-state index contributed by atoms with van der Waals surface area (Å²) in [4.78, 5) is 11.4. The van der Waals surface area contributed by atoms with Gasteiger partial charge in [-0.15, -0.1) is 13.2 Å². The van der Waals surface area contributed by atoms with Gasteiger partial charge in [0.05, 0.1) is 10.9 Å². The van der Waals surface area contributed by atoms with Crippen LogP contribution in [0.2, 0.25) is 0 Å². The lowest BCUT2D eigenvalue weighted by Crippen LogP contribution is -2.44. The maximum absolute atomic E-state index is 12.1. The van der Waals surface area contributed by atoms with Crippen LogP contribution in [0.4, 0.5) is 13.2 Å². The molecule has 0 unspecified atom stereocenters. The van der Waals surface area contributed by atoms with Gasteiger partial charge in [0.2, 0.25) is 15.9 Å². The second-order valence-electron chi connectivity index (χ2n) is 4.65. The van der Waals surface area contributed by atoms with Gasteiger partial charge in [-0.25, -0.2) is 8.42 Å². The molecule has 0 radical (unpaired) electrons. The molecule has 0 aliphatic rings. The molecule has 2 N–H and O–H groups in total. The third-order valence-corrected chi connectivity index (χ3v) is 4.20. The van der Waals surface area contributed by atoms with Crippen LogP contribution in [0.5, 0.6) is 5.75 Å². The van der Waals surface area contributed by atoms with Crippen LogP contribution in [0.1, 0.15) is 20.3 Å². The molecule has 0 saturated carbocycles. The van der Waals surface area contributed by atoms with Gasteiger partial charge in [-0.05, 0) is 37.6 Å². The highest BCUT2D eigenvalue weighted by Crippen LogP contribution is 2.23. The van der Waals surface area contributed by atoms with Crippen LogP contribution in [-0.4, -0.2) is 33.3 Å². The van der Waals surface area contributed by atoms with Gasteiger partial charge in [0, 0.05) is 6.54 Å². The molecule has 10 heteroatoms. The van der Waals surface area contributed by atoms with E-state index in [0.717, 1.165) is 24.3 Å². The molecule has 23 heavy (non-hydrogen) atoms. The van der Waals surface area contributed by atoms with E-state index >= 15 is 0 Å². The third-order valence-electron chi connectivity index (χ3n) is 2.64. The highest BCUT2D eigenvalue weighted by atomic mass is 32.2. The number of hydrogen-bond acceptors (Lipinski definition) is 4. The Morgan fingerprint density at radius 1 is 1.26 bits per heavy atom. The summed E-state index contributed by atoms with van der Waals surface area (Å²) < 4.78 is 66.0. The van der Waals surface area contributed by atoms with E-state index in [9.17, 15) is 26.4 Å². The standard InChI is InChI=1S/C13H17F3N2O4S/c1-3-8-17-12(19)9(2)18-23(20,21)11-6-4-10(5-7-11)22-13(14,15)16/h4-7,9,18H,3,8H2,1-2H3,(H,17,19)/t9-/m0/s1. The van der Waals surface area contributed by atoms with Crippen LogP contribution < -0.4 is 14.8 Å². The van der Waals surface area contributed by atoms with E-state index in [1.165, 1.54) is 6.92 Å². The second kappa shape index (κ2) is 7.64. The number of rotatable bonds is 7. The van der Waals surface area contributed by atoms with Crippen molar-refractivity contribution in [2.75, 3.05) is 6.54 Å². The van der Waals surface area contributed by atoms with Crippen LogP contribution in [0.25, 0.3) is 0 Å². The maximum atomic E-state index is 12.1. The minimum absolute atomic E-state index is 0.276. The molecule has 0 bridgehead atoms. The minimum atomic E-state index is -4.86. The molecule has 0 aliphatic heterocycles. The number of sulfonamides is 1. The van der Waals surface area contributed by atoms with Crippen LogP contribution in [-0.2, 0) is 14.8 Å². The van der Waals surface area contributed by atoms with Crippen molar-refractivity contribution in [1.29, 1.82) is 0 Å². The molecular formula is C13H17F3N2O4S. The molecule has 130 valence electrons. The molecule has 0 fully saturated rings. The van der Waals surface area contributed by atoms with E-state index in [1.54, 1.807) is 0 Å². The number of carbonyl (C=O) groups excluding carboxylic acids is 1. The molecule has 1 aromatic carbocycles. The first-order valence-corrected chi connectivity index (χ1v) is 8.19. The normalized spacial score (nSPS) is 13.4. The van der Waals surface area contributed by atoms with Gasteiger partial charge >= 0.3 is 6.36 Å². The lowest BCUT2D eigenvalue weighted by molar-refractivity contribution is -0.274. The first-order valence-electron chi connectivity index (χ1n) is 6.71. The van der Waals surface area contributed by atoms with Gasteiger partial charge in [-0.1, -0.05) is 6.92 Å². The molecule has 0 spiro atoms. The Balaban J connectivity index is 2.78. The summed E-state index contributed by atoms with van der Waals surface area (Å²) in [7, 11) is -4.04. The van der Waals surface area contributed by atoms with Crippen molar-refractivity contribution in [3.63, 3.8) is 0 Å². The summed E-state index contributed by atoms with van der Waals surface area (Å²) in [5.74, 6) is -1.03. The number of halogens is 3. The van der Waals surface area contributed by atoms with Crippen LogP contribution in [0, 0.1) is 0 Å². The first-order chi connectivity index (χ1) is 10.5. The number of amides is 1. The number of ether oxygens (including phenoxy) is 1. The zero-order valence-electron chi connectivity index (χ0n) is 12.5. The Morgan fingerprint density at radius 3 is 2.30 bits per heavy atom. The molecule has 6 nitrogen and oxygen atoms in total. The Labute approximate surface area is 132 Å². The molecule has 0 aliphatic carbocycles. The number of nitrogens with one attached hydrogen (secondary N) is 2. The van der Waals surface area contributed by atoms with Gasteiger partial charge in [0.25, 0.3) is 0 Å². The summed E-state index contributed by atoms with van der Waals surface area (Å²) in [6, 6.07) is 2.66. The largest absolute Gasteiger partial charge is 0.573 e. The van der Waals surface area contributed by atoms with Crippen molar-refractivity contribution in [3.05, 3.63) is 24.3 Å². The van der Waals surface area contributed by atoms with Crippen LogP contribution >= 0.6 is 0 Å². The molecule has 0 aromatic heterocycles. The zero-order chi connectivity index (χ0) is 17.7. The fraction of sp³-hybridized carbons (Fsp3) is 0.462. The van der Waals surface area contributed by atoms with E-state index in [0.29, 0.717) is 13.0 Å². The van der Waals surface area contributed by atoms with Gasteiger partial charge in [0.1, 0.15) is 5.75 Å². The van der Waals surface area contributed by atoms with Gasteiger partial charge in [-0.2, -0.15) is 4.72 Å². The summed E-state index contributed by atoms with van der Waals surface area (Å²) >= 11 is 0. The predicted octanol–water partition coefficient (Wildman–Crippen LogP) is 1.78.